The number of carbonyl (C=O) groups excluding carboxylic acids is 2. The summed E-state index contributed by atoms with van der Waals surface area (Å²) in [6.45, 7) is 1.26. The van der Waals surface area contributed by atoms with E-state index in [1.807, 2.05) is 29.2 Å². The van der Waals surface area contributed by atoms with Crippen molar-refractivity contribution in [2.24, 2.45) is 0 Å². The van der Waals surface area contributed by atoms with Crippen LogP contribution in [-0.4, -0.2) is 47.1 Å². The van der Waals surface area contributed by atoms with Crippen LogP contribution in [0.25, 0.3) is 0 Å². The molecule has 0 aliphatic carbocycles. The summed E-state index contributed by atoms with van der Waals surface area (Å²) >= 11 is 1.23. The van der Waals surface area contributed by atoms with Gasteiger partial charge in [-0.1, -0.05) is 23.5 Å². The van der Waals surface area contributed by atoms with Crippen molar-refractivity contribution in [1.82, 2.24) is 15.1 Å². The van der Waals surface area contributed by atoms with Gasteiger partial charge in [0.15, 0.2) is 0 Å². The van der Waals surface area contributed by atoms with Crippen LogP contribution < -0.4 is 10.1 Å². The van der Waals surface area contributed by atoms with Gasteiger partial charge in [0.25, 0.3) is 5.91 Å². The Kier molecular flexibility index (Phi) is 6.75. The number of rotatable bonds is 6. The summed E-state index contributed by atoms with van der Waals surface area (Å²) in [5.74, 6) is 0.0721. The van der Waals surface area contributed by atoms with Crippen LogP contribution in [0.5, 0.6) is 5.75 Å². The minimum atomic E-state index is -0.387. The number of methoxy groups -OCH3 is 1. The number of ether oxygens (including phenoxy) is 1. The Hall–Kier alpha value is -3.33. The molecule has 1 aromatic heterocycles. The zero-order valence-corrected chi connectivity index (χ0v) is 18.4. The first-order valence-electron chi connectivity index (χ1n) is 10.3. The Labute approximate surface area is 189 Å². The monoisotopic (exact) mass is 454 g/mol. The zero-order valence-electron chi connectivity index (χ0n) is 17.6. The second kappa shape index (κ2) is 9.86. The minimum Gasteiger partial charge on any atom is -0.497 e. The van der Waals surface area contributed by atoms with Gasteiger partial charge in [-0.3, -0.25) is 9.59 Å². The van der Waals surface area contributed by atoms with E-state index >= 15 is 0 Å². The van der Waals surface area contributed by atoms with Crippen LogP contribution in [0.1, 0.15) is 39.1 Å². The van der Waals surface area contributed by atoms with Crippen molar-refractivity contribution in [1.29, 1.82) is 0 Å². The molecule has 1 fully saturated rings. The lowest BCUT2D eigenvalue weighted by Gasteiger charge is -2.31. The number of hydrogen-bond acceptors (Lipinski definition) is 6. The summed E-state index contributed by atoms with van der Waals surface area (Å²) < 4.78 is 18.3. The van der Waals surface area contributed by atoms with Gasteiger partial charge in [0.2, 0.25) is 10.9 Å². The van der Waals surface area contributed by atoms with Crippen LogP contribution in [0, 0.1) is 5.82 Å². The molecule has 1 saturated heterocycles. The van der Waals surface area contributed by atoms with E-state index in [1.54, 1.807) is 7.11 Å². The molecule has 166 valence electrons. The standard InChI is InChI=1S/C23H23FN4O3S/c1-31-19-6-2-4-15(12-19)13-20(29)28-11-3-5-16(14-28)22-26-27-23(32-22)21(30)25-18-9-7-17(24)8-10-18/h2,4,6-10,12,16H,3,5,11,13-14H2,1H3,(H,25,30)/t16-/m1/s1. The molecule has 7 nitrogen and oxygen atoms in total. The molecule has 32 heavy (non-hydrogen) atoms. The SMILES string of the molecule is COc1cccc(CC(=O)N2CCC[C@@H](c3nnc(C(=O)Nc4ccc(F)cc4)s3)C2)c1. The highest BCUT2D eigenvalue weighted by Gasteiger charge is 2.28. The molecule has 1 aliphatic rings. The molecule has 1 atom stereocenters. The first-order valence-corrected chi connectivity index (χ1v) is 11.1. The zero-order chi connectivity index (χ0) is 22.5. The van der Waals surface area contributed by atoms with E-state index < -0.39 is 0 Å². The Morgan fingerprint density at radius 1 is 1.22 bits per heavy atom. The minimum absolute atomic E-state index is 0.0443. The van der Waals surface area contributed by atoms with E-state index in [1.165, 1.54) is 35.6 Å². The number of anilines is 1. The maximum absolute atomic E-state index is 13.0. The number of nitrogens with zero attached hydrogens (tertiary/aromatic N) is 3. The molecule has 1 N–H and O–H groups in total. The van der Waals surface area contributed by atoms with Gasteiger partial charge in [-0.2, -0.15) is 0 Å². The van der Waals surface area contributed by atoms with Crippen LogP contribution >= 0.6 is 11.3 Å². The highest BCUT2D eigenvalue weighted by atomic mass is 32.1. The molecule has 1 aliphatic heterocycles. The molecule has 0 bridgehead atoms. The van der Waals surface area contributed by atoms with Gasteiger partial charge in [-0.15, -0.1) is 10.2 Å². The molecule has 2 heterocycles. The fourth-order valence-corrected chi connectivity index (χ4v) is 4.55. The second-order valence-corrected chi connectivity index (χ2v) is 8.62. The fraction of sp³-hybridized carbons (Fsp3) is 0.304. The quantitative estimate of drug-likeness (QED) is 0.611. The van der Waals surface area contributed by atoms with Gasteiger partial charge in [-0.25, -0.2) is 4.39 Å². The number of hydrogen-bond donors (Lipinski definition) is 1. The Morgan fingerprint density at radius 2 is 2.03 bits per heavy atom. The van der Waals surface area contributed by atoms with E-state index in [2.05, 4.69) is 15.5 Å². The average molecular weight is 455 g/mol. The lowest BCUT2D eigenvalue weighted by Crippen LogP contribution is -2.39. The first kappa shape index (κ1) is 21.9. The highest BCUT2D eigenvalue weighted by Crippen LogP contribution is 2.30. The van der Waals surface area contributed by atoms with Crippen molar-refractivity contribution in [3.63, 3.8) is 0 Å². The van der Waals surface area contributed by atoms with Gasteiger partial charge < -0.3 is 15.0 Å². The van der Waals surface area contributed by atoms with Crippen molar-refractivity contribution in [3.8, 4) is 5.75 Å². The predicted molar refractivity (Wildman–Crippen MR) is 120 cm³/mol. The van der Waals surface area contributed by atoms with Crippen molar-refractivity contribution < 1.29 is 18.7 Å². The van der Waals surface area contributed by atoms with Crippen LogP contribution in [-0.2, 0) is 11.2 Å². The van der Waals surface area contributed by atoms with Crippen LogP contribution in [0.15, 0.2) is 48.5 Å². The number of benzene rings is 2. The lowest BCUT2D eigenvalue weighted by atomic mass is 9.98. The van der Waals surface area contributed by atoms with Crippen molar-refractivity contribution >= 4 is 28.8 Å². The van der Waals surface area contributed by atoms with Crippen LogP contribution in [0.3, 0.4) is 0 Å². The smallest absolute Gasteiger partial charge is 0.286 e. The number of piperidine rings is 1. The normalized spacial score (nSPS) is 15.9. The molecule has 0 saturated carbocycles. The number of halogens is 1. The third-order valence-electron chi connectivity index (χ3n) is 5.35. The topological polar surface area (TPSA) is 84.4 Å². The van der Waals surface area contributed by atoms with E-state index in [-0.39, 0.29) is 28.6 Å². The van der Waals surface area contributed by atoms with Gasteiger partial charge in [0.1, 0.15) is 16.6 Å². The molecule has 4 rings (SSSR count). The number of amides is 2. The first-order chi connectivity index (χ1) is 15.5. The van der Waals surface area contributed by atoms with Gasteiger partial charge >= 0.3 is 0 Å². The predicted octanol–water partition coefficient (Wildman–Crippen LogP) is 3.89. The molecule has 2 amide bonds. The van der Waals surface area contributed by atoms with Crippen molar-refractivity contribution in [2.45, 2.75) is 25.2 Å². The molecule has 0 radical (unpaired) electrons. The summed E-state index contributed by atoms with van der Waals surface area (Å²) in [5.41, 5.74) is 1.40. The molecule has 0 unspecified atom stereocenters. The summed E-state index contributed by atoms with van der Waals surface area (Å²) in [5, 5.41) is 11.9. The van der Waals surface area contributed by atoms with E-state index in [9.17, 15) is 14.0 Å². The Balaban J connectivity index is 1.38. The molecular weight excluding hydrogens is 431 g/mol. The third-order valence-corrected chi connectivity index (χ3v) is 6.43. The Bertz CT molecular complexity index is 1100. The van der Waals surface area contributed by atoms with Gasteiger partial charge in [0, 0.05) is 24.7 Å². The summed E-state index contributed by atoms with van der Waals surface area (Å²) in [6, 6.07) is 13.0. The van der Waals surface area contributed by atoms with Gasteiger partial charge in [0.05, 0.1) is 13.5 Å². The molecule has 2 aromatic carbocycles. The molecule has 0 spiro atoms. The fourth-order valence-electron chi connectivity index (χ4n) is 3.68. The summed E-state index contributed by atoms with van der Waals surface area (Å²) in [4.78, 5) is 27.2. The highest BCUT2D eigenvalue weighted by molar-refractivity contribution is 7.13. The summed E-state index contributed by atoms with van der Waals surface area (Å²) in [7, 11) is 1.60. The van der Waals surface area contributed by atoms with E-state index in [4.69, 9.17) is 4.74 Å². The Morgan fingerprint density at radius 3 is 2.81 bits per heavy atom. The molecule has 9 heteroatoms. The van der Waals surface area contributed by atoms with Crippen LogP contribution in [0.4, 0.5) is 10.1 Å². The maximum atomic E-state index is 13.0. The average Bonchev–Trinajstić information content (AvgIpc) is 3.31. The van der Waals surface area contributed by atoms with Crippen molar-refractivity contribution in [3.05, 3.63) is 69.9 Å². The molecular formula is C23H23FN4O3S. The number of aromatic nitrogens is 2. The maximum Gasteiger partial charge on any atom is 0.286 e. The number of nitrogens with one attached hydrogen (secondary N) is 1. The number of likely N-dealkylation sites (tertiary alicyclic amines) is 1. The summed E-state index contributed by atoms with van der Waals surface area (Å²) in [6.07, 6.45) is 2.06. The van der Waals surface area contributed by atoms with Gasteiger partial charge in [-0.05, 0) is 54.8 Å². The van der Waals surface area contributed by atoms with E-state index in [0.29, 0.717) is 25.2 Å². The van der Waals surface area contributed by atoms with Crippen LogP contribution in [0.2, 0.25) is 0 Å². The third kappa shape index (κ3) is 5.28. The largest absolute Gasteiger partial charge is 0.497 e. The van der Waals surface area contributed by atoms with E-state index in [0.717, 1.165) is 29.2 Å². The number of carbonyl (C=O) groups is 2. The van der Waals surface area contributed by atoms with Crippen molar-refractivity contribution in [2.75, 3.05) is 25.5 Å². The second-order valence-electron chi connectivity index (χ2n) is 7.61. The lowest BCUT2D eigenvalue weighted by molar-refractivity contribution is -0.131. The molecule has 3 aromatic rings.